The summed E-state index contributed by atoms with van der Waals surface area (Å²) in [5, 5.41) is 10.2. The van der Waals surface area contributed by atoms with Gasteiger partial charge in [0.1, 0.15) is 5.76 Å². The summed E-state index contributed by atoms with van der Waals surface area (Å²) >= 11 is 5.78. The predicted octanol–water partition coefficient (Wildman–Crippen LogP) is 3.08. The van der Waals surface area contributed by atoms with Gasteiger partial charge in [-0.1, -0.05) is 16.8 Å². The topological polar surface area (TPSA) is 67.2 Å². The quantitative estimate of drug-likeness (QED) is 0.883. The standard InChI is InChI=1S/C13H14ClN3O2/c1-9-8-12(17-19-9)16-13(18)6-7-15-11-4-2-10(14)3-5-11/h2-5,8,15H,6-7H2,1H3,(H,16,17,18). The van der Waals surface area contributed by atoms with Crippen LogP contribution in [0.5, 0.6) is 0 Å². The first kappa shape index (κ1) is 13.4. The third-order valence-corrected chi connectivity index (χ3v) is 2.67. The van der Waals surface area contributed by atoms with Gasteiger partial charge in [-0.2, -0.15) is 0 Å². The number of hydrogen-bond donors (Lipinski definition) is 2. The molecule has 100 valence electrons. The van der Waals surface area contributed by atoms with Gasteiger partial charge in [0.25, 0.3) is 0 Å². The molecule has 0 saturated heterocycles. The van der Waals surface area contributed by atoms with E-state index in [1.807, 2.05) is 12.1 Å². The van der Waals surface area contributed by atoms with Crippen LogP contribution in [0, 0.1) is 6.92 Å². The van der Waals surface area contributed by atoms with Crippen LogP contribution in [0.4, 0.5) is 11.5 Å². The number of benzene rings is 1. The van der Waals surface area contributed by atoms with Crippen LogP contribution in [0.1, 0.15) is 12.2 Å². The molecule has 0 saturated carbocycles. The van der Waals surface area contributed by atoms with Gasteiger partial charge in [0.2, 0.25) is 5.91 Å². The zero-order chi connectivity index (χ0) is 13.7. The normalized spacial score (nSPS) is 10.2. The van der Waals surface area contributed by atoms with E-state index in [0.717, 1.165) is 5.69 Å². The van der Waals surface area contributed by atoms with Gasteiger partial charge in [0, 0.05) is 29.7 Å². The van der Waals surface area contributed by atoms with Crippen molar-refractivity contribution in [3.05, 3.63) is 41.1 Å². The molecule has 0 atom stereocenters. The van der Waals surface area contributed by atoms with E-state index in [0.29, 0.717) is 29.6 Å². The Kier molecular flexibility index (Phi) is 4.41. The van der Waals surface area contributed by atoms with E-state index >= 15 is 0 Å². The first-order chi connectivity index (χ1) is 9.13. The second kappa shape index (κ2) is 6.24. The van der Waals surface area contributed by atoms with Crippen LogP contribution in [0.3, 0.4) is 0 Å². The molecule has 2 rings (SSSR count). The number of carbonyl (C=O) groups excluding carboxylic acids is 1. The highest BCUT2D eigenvalue weighted by Gasteiger charge is 2.05. The fraction of sp³-hybridized carbons (Fsp3) is 0.231. The molecule has 0 aliphatic heterocycles. The van der Waals surface area contributed by atoms with E-state index in [1.54, 1.807) is 25.1 Å². The molecular formula is C13H14ClN3O2. The van der Waals surface area contributed by atoms with Crippen molar-refractivity contribution >= 4 is 29.0 Å². The van der Waals surface area contributed by atoms with Crippen molar-refractivity contribution in [1.82, 2.24) is 5.16 Å². The number of halogens is 1. The number of amides is 1. The lowest BCUT2D eigenvalue weighted by Gasteiger charge is -2.06. The van der Waals surface area contributed by atoms with Gasteiger partial charge < -0.3 is 15.2 Å². The number of hydrogen-bond acceptors (Lipinski definition) is 4. The molecule has 2 aromatic rings. The summed E-state index contributed by atoms with van der Waals surface area (Å²) in [4.78, 5) is 11.6. The number of carbonyl (C=O) groups is 1. The van der Waals surface area contributed by atoms with E-state index in [1.165, 1.54) is 0 Å². The smallest absolute Gasteiger partial charge is 0.227 e. The fourth-order valence-electron chi connectivity index (χ4n) is 1.52. The Bertz CT molecular complexity index is 551. The maximum absolute atomic E-state index is 11.6. The van der Waals surface area contributed by atoms with Gasteiger partial charge in [0.05, 0.1) is 0 Å². The van der Waals surface area contributed by atoms with E-state index in [2.05, 4.69) is 15.8 Å². The largest absolute Gasteiger partial charge is 0.385 e. The summed E-state index contributed by atoms with van der Waals surface area (Å²) < 4.78 is 4.86. The zero-order valence-electron chi connectivity index (χ0n) is 10.4. The van der Waals surface area contributed by atoms with Crippen molar-refractivity contribution in [2.24, 2.45) is 0 Å². The maximum Gasteiger partial charge on any atom is 0.227 e. The molecule has 1 heterocycles. The second-order valence-electron chi connectivity index (χ2n) is 4.05. The van der Waals surface area contributed by atoms with Gasteiger partial charge in [0.15, 0.2) is 5.82 Å². The highest BCUT2D eigenvalue weighted by molar-refractivity contribution is 6.30. The minimum Gasteiger partial charge on any atom is -0.385 e. The van der Waals surface area contributed by atoms with Crippen LogP contribution in [0.25, 0.3) is 0 Å². The molecule has 0 spiro atoms. The molecule has 1 amide bonds. The third kappa shape index (κ3) is 4.30. The third-order valence-electron chi connectivity index (χ3n) is 2.42. The molecule has 0 unspecified atom stereocenters. The summed E-state index contributed by atoms with van der Waals surface area (Å²) in [5.74, 6) is 0.985. The number of nitrogens with one attached hydrogen (secondary N) is 2. The Labute approximate surface area is 115 Å². The Hall–Kier alpha value is -2.01. The van der Waals surface area contributed by atoms with Gasteiger partial charge >= 0.3 is 0 Å². The summed E-state index contributed by atoms with van der Waals surface area (Å²) in [6, 6.07) is 8.98. The Morgan fingerprint density at radius 3 is 2.74 bits per heavy atom. The average Bonchev–Trinajstić information content (AvgIpc) is 2.77. The highest BCUT2D eigenvalue weighted by atomic mass is 35.5. The molecule has 5 nitrogen and oxygen atoms in total. The van der Waals surface area contributed by atoms with E-state index in [4.69, 9.17) is 16.1 Å². The number of aromatic nitrogens is 1. The van der Waals surface area contributed by atoms with E-state index < -0.39 is 0 Å². The summed E-state index contributed by atoms with van der Waals surface area (Å²) in [6.07, 6.45) is 0.342. The van der Waals surface area contributed by atoms with Gasteiger partial charge in [-0.05, 0) is 31.2 Å². The molecule has 1 aromatic heterocycles. The molecule has 0 fully saturated rings. The van der Waals surface area contributed by atoms with E-state index in [-0.39, 0.29) is 5.91 Å². The summed E-state index contributed by atoms with van der Waals surface area (Å²) in [6.45, 7) is 2.30. The molecule has 1 aromatic carbocycles. The molecule has 2 N–H and O–H groups in total. The number of anilines is 2. The molecule has 6 heteroatoms. The number of rotatable bonds is 5. The summed E-state index contributed by atoms with van der Waals surface area (Å²) in [5.41, 5.74) is 0.925. The molecule has 0 bridgehead atoms. The molecule has 19 heavy (non-hydrogen) atoms. The minimum absolute atomic E-state index is 0.116. The lowest BCUT2D eigenvalue weighted by molar-refractivity contribution is -0.116. The average molecular weight is 280 g/mol. The fourth-order valence-corrected chi connectivity index (χ4v) is 1.64. The Morgan fingerprint density at radius 2 is 2.11 bits per heavy atom. The number of nitrogens with zero attached hydrogens (tertiary/aromatic N) is 1. The molecule has 0 aliphatic rings. The van der Waals surface area contributed by atoms with Crippen molar-refractivity contribution < 1.29 is 9.32 Å². The van der Waals surface area contributed by atoms with Gasteiger partial charge in [-0.15, -0.1) is 0 Å². The van der Waals surface area contributed by atoms with Crippen molar-refractivity contribution in [1.29, 1.82) is 0 Å². The van der Waals surface area contributed by atoms with Crippen LogP contribution in [-0.4, -0.2) is 17.6 Å². The van der Waals surface area contributed by atoms with Crippen LogP contribution < -0.4 is 10.6 Å². The van der Waals surface area contributed by atoms with Gasteiger partial charge in [-0.3, -0.25) is 4.79 Å². The molecule has 0 aliphatic carbocycles. The summed E-state index contributed by atoms with van der Waals surface area (Å²) in [7, 11) is 0. The lowest BCUT2D eigenvalue weighted by Crippen LogP contribution is -2.16. The SMILES string of the molecule is Cc1cc(NC(=O)CCNc2ccc(Cl)cc2)no1. The number of aryl methyl sites for hydroxylation is 1. The van der Waals surface area contributed by atoms with Crippen LogP contribution in [-0.2, 0) is 4.79 Å². The van der Waals surface area contributed by atoms with E-state index in [9.17, 15) is 4.79 Å². The Balaban J connectivity index is 1.73. The van der Waals surface area contributed by atoms with Crippen molar-refractivity contribution in [2.45, 2.75) is 13.3 Å². The predicted molar refractivity (Wildman–Crippen MR) is 74.4 cm³/mol. The lowest BCUT2D eigenvalue weighted by atomic mass is 10.3. The van der Waals surface area contributed by atoms with Crippen molar-refractivity contribution in [2.75, 3.05) is 17.2 Å². The monoisotopic (exact) mass is 279 g/mol. The zero-order valence-corrected chi connectivity index (χ0v) is 11.2. The minimum atomic E-state index is -0.116. The van der Waals surface area contributed by atoms with Crippen LogP contribution >= 0.6 is 11.6 Å². The Morgan fingerprint density at radius 1 is 1.37 bits per heavy atom. The highest BCUT2D eigenvalue weighted by Crippen LogP contribution is 2.13. The van der Waals surface area contributed by atoms with Crippen LogP contribution in [0.2, 0.25) is 5.02 Å². The van der Waals surface area contributed by atoms with Crippen molar-refractivity contribution in [3.63, 3.8) is 0 Å². The molecule has 0 radical (unpaired) electrons. The van der Waals surface area contributed by atoms with Crippen molar-refractivity contribution in [3.8, 4) is 0 Å². The van der Waals surface area contributed by atoms with Gasteiger partial charge in [-0.25, -0.2) is 0 Å². The maximum atomic E-state index is 11.6. The first-order valence-electron chi connectivity index (χ1n) is 5.86. The molecular weight excluding hydrogens is 266 g/mol. The second-order valence-corrected chi connectivity index (χ2v) is 4.49. The first-order valence-corrected chi connectivity index (χ1v) is 6.24. The van der Waals surface area contributed by atoms with Crippen LogP contribution in [0.15, 0.2) is 34.9 Å².